The molecule has 1 aliphatic carbocycles. The minimum atomic E-state index is -3.54. The molecule has 5 nitrogen and oxygen atoms in total. The third-order valence-corrected chi connectivity index (χ3v) is 5.62. The van der Waals surface area contributed by atoms with E-state index in [0.29, 0.717) is 0 Å². The van der Waals surface area contributed by atoms with Gasteiger partial charge in [0.15, 0.2) is 12.3 Å². The van der Waals surface area contributed by atoms with Crippen molar-refractivity contribution in [1.82, 2.24) is 4.72 Å². The highest BCUT2D eigenvalue weighted by atomic mass is 32.2. The van der Waals surface area contributed by atoms with Gasteiger partial charge in [-0.3, -0.25) is 0 Å². The maximum absolute atomic E-state index is 12.2. The van der Waals surface area contributed by atoms with Crippen LogP contribution >= 0.6 is 0 Å². The predicted octanol–water partition coefficient (Wildman–Crippen LogP) is 3.03. The second-order valence-electron chi connectivity index (χ2n) is 7.21. The van der Waals surface area contributed by atoms with Crippen molar-refractivity contribution in [3.05, 3.63) is 35.0 Å². The van der Waals surface area contributed by atoms with E-state index in [9.17, 15) is 13.6 Å². The first kappa shape index (κ1) is 17.9. The van der Waals surface area contributed by atoms with E-state index < -0.39 is 15.6 Å². The first-order valence-corrected chi connectivity index (χ1v) is 9.60. The molecule has 0 atom stereocenters. The van der Waals surface area contributed by atoms with Gasteiger partial charge in [-0.25, -0.2) is 17.9 Å². The van der Waals surface area contributed by atoms with Gasteiger partial charge in [0.2, 0.25) is 10.0 Å². The van der Waals surface area contributed by atoms with Crippen LogP contribution in [0, 0.1) is 5.21 Å². The molecule has 1 aromatic carbocycles. The van der Waals surface area contributed by atoms with Gasteiger partial charge < -0.3 is 5.21 Å². The zero-order valence-electron chi connectivity index (χ0n) is 14.1. The van der Waals surface area contributed by atoms with Gasteiger partial charge in [-0.15, -0.1) is 0 Å². The second kappa shape index (κ2) is 7.01. The van der Waals surface area contributed by atoms with Gasteiger partial charge in [0.1, 0.15) is 0 Å². The molecule has 2 rings (SSSR count). The van der Waals surface area contributed by atoms with Gasteiger partial charge >= 0.3 is 0 Å². The Kier molecular flexibility index (Phi) is 5.47. The predicted molar refractivity (Wildman–Crippen MR) is 92.2 cm³/mol. The highest BCUT2D eigenvalue weighted by molar-refractivity contribution is 7.89. The molecule has 0 unspecified atom stereocenters. The van der Waals surface area contributed by atoms with E-state index in [0.717, 1.165) is 36.0 Å². The van der Waals surface area contributed by atoms with Gasteiger partial charge in [-0.05, 0) is 57.9 Å². The molecule has 23 heavy (non-hydrogen) atoms. The maximum Gasteiger partial charge on any atom is 0.241 e. The van der Waals surface area contributed by atoms with E-state index in [4.69, 9.17) is 0 Å². The SMILES string of the molecule is CC(C)(C)NS(=O)(=O)c1ccc(/C=[N+](\[O-])C2CCCCC2)cc1. The summed E-state index contributed by atoms with van der Waals surface area (Å²) in [5.41, 5.74) is 0.191. The normalized spacial score (nSPS) is 18.1. The van der Waals surface area contributed by atoms with E-state index in [1.807, 2.05) is 0 Å². The molecular weight excluding hydrogens is 312 g/mol. The average Bonchev–Trinajstić information content (AvgIpc) is 2.46. The third-order valence-electron chi connectivity index (χ3n) is 3.84. The number of nitrogens with one attached hydrogen (secondary N) is 1. The molecule has 0 amide bonds. The van der Waals surface area contributed by atoms with Crippen molar-refractivity contribution >= 4 is 16.2 Å². The van der Waals surface area contributed by atoms with Crippen molar-refractivity contribution in [3.8, 4) is 0 Å². The van der Waals surface area contributed by atoms with Gasteiger partial charge in [0.25, 0.3) is 0 Å². The molecule has 0 bridgehead atoms. The molecule has 1 fully saturated rings. The highest BCUT2D eigenvalue weighted by Gasteiger charge is 2.22. The monoisotopic (exact) mass is 338 g/mol. The molecule has 0 heterocycles. The van der Waals surface area contributed by atoms with Crippen LogP contribution in [-0.2, 0) is 10.0 Å². The smallest absolute Gasteiger partial charge is 0.241 e. The summed E-state index contributed by atoms with van der Waals surface area (Å²) in [6.07, 6.45) is 6.84. The molecule has 0 saturated heterocycles. The lowest BCUT2D eigenvalue weighted by Gasteiger charge is -2.21. The Balaban J connectivity index is 2.13. The highest BCUT2D eigenvalue weighted by Crippen LogP contribution is 2.20. The Labute approximate surface area is 139 Å². The number of hydroxylamine groups is 1. The van der Waals surface area contributed by atoms with E-state index in [1.54, 1.807) is 39.1 Å². The van der Waals surface area contributed by atoms with Crippen LogP contribution in [-0.4, -0.2) is 31.0 Å². The first-order chi connectivity index (χ1) is 10.7. The van der Waals surface area contributed by atoms with Crippen molar-refractivity contribution in [1.29, 1.82) is 0 Å². The summed E-state index contributed by atoms with van der Waals surface area (Å²) in [6, 6.07) is 6.47. The Morgan fingerprint density at radius 3 is 2.22 bits per heavy atom. The third kappa shape index (κ3) is 5.32. The van der Waals surface area contributed by atoms with Crippen molar-refractivity contribution in [2.75, 3.05) is 0 Å². The molecule has 1 aromatic rings. The zero-order valence-corrected chi connectivity index (χ0v) is 14.9. The second-order valence-corrected chi connectivity index (χ2v) is 8.89. The van der Waals surface area contributed by atoms with Crippen LogP contribution in [0.3, 0.4) is 0 Å². The zero-order chi connectivity index (χ0) is 17.1. The van der Waals surface area contributed by atoms with Crippen LogP contribution in [0.1, 0.15) is 58.4 Å². The Hall–Kier alpha value is -1.40. The fourth-order valence-electron chi connectivity index (χ4n) is 2.78. The van der Waals surface area contributed by atoms with E-state index in [1.165, 1.54) is 18.6 Å². The fourth-order valence-corrected chi connectivity index (χ4v) is 4.20. The molecule has 1 saturated carbocycles. The standard InChI is InChI=1S/C17H26N2O3S/c1-17(2,3)18-23(21,22)16-11-9-14(10-12-16)13-19(20)15-7-5-4-6-8-15/h9-13,15,18H,4-8H2,1-3H3/b19-13-. The molecule has 0 spiro atoms. The van der Waals surface area contributed by atoms with Crippen molar-refractivity contribution < 1.29 is 13.2 Å². The summed E-state index contributed by atoms with van der Waals surface area (Å²) in [5, 5.41) is 12.2. The van der Waals surface area contributed by atoms with Gasteiger partial charge in [-0.1, -0.05) is 6.42 Å². The minimum absolute atomic E-state index is 0.0507. The molecule has 0 aliphatic heterocycles. The quantitative estimate of drug-likeness (QED) is 0.397. The molecule has 0 radical (unpaired) electrons. The van der Waals surface area contributed by atoms with E-state index in [-0.39, 0.29) is 10.9 Å². The fraction of sp³-hybridized carbons (Fsp3) is 0.588. The van der Waals surface area contributed by atoms with E-state index in [2.05, 4.69) is 4.72 Å². The van der Waals surface area contributed by atoms with Gasteiger partial charge in [0, 0.05) is 23.9 Å². The Morgan fingerprint density at radius 1 is 1.13 bits per heavy atom. The number of sulfonamides is 1. The minimum Gasteiger partial charge on any atom is -0.624 e. The van der Waals surface area contributed by atoms with Crippen LogP contribution in [0.4, 0.5) is 0 Å². The summed E-state index contributed by atoms with van der Waals surface area (Å²) < 4.78 is 28.1. The lowest BCUT2D eigenvalue weighted by molar-refractivity contribution is -0.500. The number of benzene rings is 1. The van der Waals surface area contributed by atoms with Crippen LogP contribution in [0.2, 0.25) is 0 Å². The average molecular weight is 338 g/mol. The molecule has 1 N–H and O–H groups in total. The first-order valence-electron chi connectivity index (χ1n) is 8.12. The molecular formula is C17H26N2O3S. The summed E-state index contributed by atoms with van der Waals surface area (Å²) in [6.45, 7) is 5.39. The van der Waals surface area contributed by atoms with Crippen molar-refractivity contribution in [2.24, 2.45) is 0 Å². The van der Waals surface area contributed by atoms with E-state index >= 15 is 0 Å². The summed E-state index contributed by atoms with van der Waals surface area (Å²) in [5.74, 6) is 0. The van der Waals surface area contributed by atoms with Crippen molar-refractivity contribution in [3.63, 3.8) is 0 Å². The van der Waals surface area contributed by atoms with Crippen LogP contribution < -0.4 is 4.72 Å². The number of nitrogens with zero attached hydrogens (tertiary/aromatic N) is 1. The summed E-state index contributed by atoms with van der Waals surface area (Å²) in [4.78, 5) is 0.208. The summed E-state index contributed by atoms with van der Waals surface area (Å²) >= 11 is 0. The number of hydrogen-bond donors (Lipinski definition) is 1. The van der Waals surface area contributed by atoms with Crippen molar-refractivity contribution in [2.45, 2.75) is 69.4 Å². The number of rotatable bonds is 4. The largest absolute Gasteiger partial charge is 0.624 e. The van der Waals surface area contributed by atoms with Crippen LogP contribution in [0.15, 0.2) is 29.2 Å². The summed E-state index contributed by atoms with van der Waals surface area (Å²) in [7, 11) is -3.54. The maximum atomic E-state index is 12.2. The number of hydrogen-bond acceptors (Lipinski definition) is 3. The topological polar surface area (TPSA) is 72.2 Å². The van der Waals surface area contributed by atoms with Crippen LogP contribution in [0.25, 0.3) is 0 Å². The van der Waals surface area contributed by atoms with Crippen LogP contribution in [0.5, 0.6) is 0 Å². The molecule has 0 aromatic heterocycles. The molecule has 6 heteroatoms. The Bertz CT molecular complexity index is 652. The molecule has 1 aliphatic rings. The lowest BCUT2D eigenvalue weighted by Crippen LogP contribution is -2.40. The lowest BCUT2D eigenvalue weighted by atomic mass is 9.96. The molecule has 128 valence electrons. The van der Waals surface area contributed by atoms with Gasteiger partial charge in [-0.2, -0.15) is 0 Å². The Morgan fingerprint density at radius 2 is 1.70 bits per heavy atom. The van der Waals surface area contributed by atoms with Gasteiger partial charge in [0.05, 0.1) is 4.90 Å².